The maximum absolute atomic E-state index is 12.4. The second-order valence-electron chi connectivity index (χ2n) is 9.55. The largest absolute Gasteiger partial charge is 0.480 e. The van der Waals surface area contributed by atoms with Crippen LogP contribution >= 0.6 is 0 Å². The third-order valence-corrected chi connectivity index (χ3v) is 6.13. The Kier molecular flexibility index (Phi) is 19.8. The number of nitrogens with two attached hydrogens (primary N) is 1. The van der Waals surface area contributed by atoms with Crippen molar-refractivity contribution in [3.63, 3.8) is 0 Å². The number of nitrogens with one attached hydrogen (secondary N) is 3. The average Bonchev–Trinajstić information content (AvgIpc) is 2.84. The molecule has 0 aromatic rings. The number of carboxylic acids is 2. The summed E-state index contributed by atoms with van der Waals surface area (Å²) in [6.45, 7) is 4.07. The van der Waals surface area contributed by atoms with E-state index in [1.807, 2.05) is 0 Å². The van der Waals surface area contributed by atoms with E-state index in [-0.39, 0.29) is 25.2 Å². The highest BCUT2D eigenvalue weighted by Gasteiger charge is 2.26. The minimum absolute atomic E-state index is 0.216. The van der Waals surface area contributed by atoms with Gasteiger partial charge in [-0.25, -0.2) is 9.59 Å². The Labute approximate surface area is 220 Å². The fourth-order valence-corrected chi connectivity index (χ4v) is 3.82. The van der Waals surface area contributed by atoms with Crippen LogP contribution in [0.5, 0.6) is 0 Å². The average molecular weight is 529 g/mol. The third kappa shape index (κ3) is 18.2. The van der Waals surface area contributed by atoms with E-state index in [0.29, 0.717) is 25.8 Å². The quantitative estimate of drug-likeness (QED) is 0.109. The molecular formula is C26H48N4O7. The lowest BCUT2D eigenvalue weighted by Gasteiger charge is -2.19. The molecule has 0 spiro atoms. The number of carboxylic acid groups (broad SMARTS) is 2. The summed E-state index contributed by atoms with van der Waals surface area (Å²) in [6.07, 6.45) is 11.3. The lowest BCUT2D eigenvalue weighted by Crippen LogP contribution is -2.50. The second-order valence-corrected chi connectivity index (χ2v) is 9.55. The summed E-state index contributed by atoms with van der Waals surface area (Å²) in [5, 5.41) is 25.9. The molecule has 37 heavy (non-hydrogen) atoms. The number of amides is 3. The van der Waals surface area contributed by atoms with Crippen molar-refractivity contribution in [1.29, 1.82) is 0 Å². The van der Waals surface area contributed by atoms with Crippen LogP contribution in [-0.4, -0.2) is 64.5 Å². The van der Waals surface area contributed by atoms with E-state index in [2.05, 4.69) is 22.9 Å². The first kappa shape index (κ1) is 34.3. The number of carbonyl (C=O) groups excluding carboxylic acids is 3. The van der Waals surface area contributed by atoms with Crippen LogP contribution < -0.4 is 21.7 Å². The van der Waals surface area contributed by atoms with Gasteiger partial charge in [-0.1, -0.05) is 58.3 Å². The minimum Gasteiger partial charge on any atom is -0.480 e. The van der Waals surface area contributed by atoms with Gasteiger partial charge in [0.05, 0.1) is 0 Å². The van der Waals surface area contributed by atoms with Gasteiger partial charge in [0.2, 0.25) is 17.7 Å². The molecule has 0 rings (SSSR count). The van der Waals surface area contributed by atoms with Crippen LogP contribution in [0.3, 0.4) is 0 Å². The van der Waals surface area contributed by atoms with Crippen LogP contribution in [0.25, 0.3) is 0 Å². The van der Waals surface area contributed by atoms with Gasteiger partial charge in [-0.3, -0.25) is 14.4 Å². The maximum Gasteiger partial charge on any atom is 0.326 e. The van der Waals surface area contributed by atoms with Crippen LogP contribution in [0.15, 0.2) is 0 Å². The molecule has 0 fully saturated rings. The standard InChI is InChI=1S/C26H48N4O7/c1-3-4-5-6-7-8-9-10-11-15-22(31)28-19(2)24(33)30-21(26(36)37)16-17-23(32)29-20(25(34)35)14-12-13-18-27/h19-21H,3-18,27H2,1-2H3,(H,28,31)(H,29,32)(H,30,33)(H,34,35)(H,36,37)/t19-,20-,21+/m0/s1. The number of rotatable bonds is 23. The minimum atomic E-state index is -1.35. The van der Waals surface area contributed by atoms with E-state index < -0.39 is 41.9 Å². The summed E-state index contributed by atoms with van der Waals surface area (Å²) < 4.78 is 0. The highest BCUT2D eigenvalue weighted by molar-refractivity contribution is 5.90. The van der Waals surface area contributed by atoms with Crippen molar-refractivity contribution in [1.82, 2.24) is 16.0 Å². The second kappa shape index (κ2) is 21.4. The Morgan fingerprint density at radius 2 is 1.16 bits per heavy atom. The molecule has 0 saturated heterocycles. The first-order valence-corrected chi connectivity index (χ1v) is 13.7. The van der Waals surface area contributed by atoms with Gasteiger partial charge in [-0.05, 0) is 45.6 Å². The molecule has 3 amide bonds. The summed E-state index contributed by atoms with van der Waals surface area (Å²) in [7, 11) is 0. The van der Waals surface area contributed by atoms with Gasteiger partial charge in [-0.15, -0.1) is 0 Å². The summed E-state index contributed by atoms with van der Waals surface area (Å²) in [5.41, 5.74) is 5.39. The van der Waals surface area contributed by atoms with E-state index in [0.717, 1.165) is 25.7 Å². The molecule has 0 aliphatic heterocycles. The molecule has 7 N–H and O–H groups in total. The van der Waals surface area contributed by atoms with Crippen molar-refractivity contribution in [3.05, 3.63) is 0 Å². The highest BCUT2D eigenvalue weighted by atomic mass is 16.4. The van der Waals surface area contributed by atoms with Gasteiger partial charge in [0, 0.05) is 12.8 Å². The number of hydrogen-bond donors (Lipinski definition) is 6. The molecule has 0 bridgehead atoms. The van der Waals surface area contributed by atoms with E-state index in [1.54, 1.807) is 0 Å². The van der Waals surface area contributed by atoms with Crippen LogP contribution in [0.4, 0.5) is 0 Å². The summed E-state index contributed by atoms with van der Waals surface area (Å²) in [4.78, 5) is 59.5. The molecule has 3 atom stereocenters. The molecule has 0 aliphatic rings. The van der Waals surface area contributed by atoms with Crippen molar-refractivity contribution in [3.8, 4) is 0 Å². The van der Waals surface area contributed by atoms with E-state index in [4.69, 9.17) is 5.73 Å². The number of carbonyl (C=O) groups is 5. The van der Waals surface area contributed by atoms with Gasteiger partial charge in [0.15, 0.2) is 0 Å². The van der Waals surface area contributed by atoms with Gasteiger partial charge in [-0.2, -0.15) is 0 Å². The molecule has 0 heterocycles. The van der Waals surface area contributed by atoms with Crippen molar-refractivity contribution in [2.75, 3.05) is 6.54 Å². The Balaban J connectivity index is 4.35. The van der Waals surface area contributed by atoms with Crippen LogP contribution in [-0.2, 0) is 24.0 Å². The zero-order chi connectivity index (χ0) is 28.1. The maximum atomic E-state index is 12.4. The van der Waals surface area contributed by atoms with Crippen LogP contribution in [0.1, 0.15) is 110 Å². The highest BCUT2D eigenvalue weighted by Crippen LogP contribution is 2.10. The topological polar surface area (TPSA) is 188 Å². The van der Waals surface area contributed by atoms with Crippen molar-refractivity contribution >= 4 is 29.7 Å². The fraction of sp³-hybridized carbons (Fsp3) is 0.808. The SMILES string of the molecule is CCCCCCCCCCCC(=O)N[C@@H](C)C(=O)N[C@H](CCC(=O)N[C@@H](CCCCN)C(=O)O)C(=O)O. The van der Waals surface area contributed by atoms with E-state index in [1.165, 1.54) is 39.0 Å². The molecule has 11 nitrogen and oxygen atoms in total. The lowest BCUT2D eigenvalue weighted by atomic mass is 10.1. The molecule has 0 unspecified atom stereocenters. The predicted octanol–water partition coefficient (Wildman–Crippen LogP) is 2.46. The zero-order valence-electron chi connectivity index (χ0n) is 22.6. The normalized spacial score (nSPS) is 13.3. The van der Waals surface area contributed by atoms with Gasteiger partial charge >= 0.3 is 11.9 Å². The summed E-state index contributed by atoms with van der Waals surface area (Å²) in [6, 6.07) is -3.37. The van der Waals surface area contributed by atoms with Crippen molar-refractivity contribution in [2.45, 2.75) is 128 Å². The zero-order valence-corrected chi connectivity index (χ0v) is 22.6. The molecule has 0 aliphatic carbocycles. The Morgan fingerprint density at radius 3 is 1.70 bits per heavy atom. The molecule has 0 aromatic heterocycles. The Hall–Kier alpha value is -2.69. The van der Waals surface area contributed by atoms with Gasteiger partial charge < -0.3 is 31.9 Å². The van der Waals surface area contributed by atoms with E-state index >= 15 is 0 Å². The summed E-state index contributed by atoms with van der Waals surface area (Å²) >= 11 is 0. The first-order chi connectivity index (χ1) is 17.6. The number of unbranched alkanes of at least 4 members (excludes halogenated alkanes) is 9. The molecule has 0 aromatic carbocycles. The number of aliphatic carboxylic acids is 2. The lowest BCUT2D eigenvalue weighted by molar-refractivity contribution is -0.143. The van der Waals surface area contributed by atoms with Crippen LogP contribution in [0.2, 0.25) is 0 Å². The molecule has 11 heteroatoms. The smallest absolute Gasteiger partial charge is 0.326 e. The molecular weight excluding hydrogens is 480 g/mol. The summed E-state index contributed by atoms with van der Waals surface area (Å²) in [5.74, 6) is -4.07. The van der Waals surface area contributed by atoms with E-state index in [9.17, 15) is 34.2 Å². The predicted molar refractivity (Wildman–Crippen MR) is 141 cm³/mol. The monoisotopic (exact) mass is 528 g/mol. The third-order valence-electron chi connectivity index (χ3n) is 6.13. The molecule has 214 valence electrons. The first-order valence-electron chi connectivity index (χ1n) is 13.7. The van der Waals surface area contributed by atoms with Crippen molar-refractivity contribution in [2.24, 2.45) is 5.73 Å². The number of hydrogen-bond acceptors (Lipinski definition) is 6. The Bertz CT molecular complexity index is 702. The molecule has 0 saturated carbocycles. The van der Waals surface area contributed by atoms with Gasteiger partial charge in [0.25, 0.3) is 0 Å². The fourth-order valence-electron chi connectivity index (χ4n) is 3.82. The van der Waals surface area contributed by atoms with Crippen molar-refractivity contribution < 1.29 is 34.2 Å². The Morgan fingerprint density at radius 1 is 0.649 bits per heavy atom. The van der Waals surface area contributed by atoms with Crippen LogP contribution in [0, 0.1) is 0 Å². The molecule has 0 radical (unpaired) electrons. The van der Waals surface area contributed by atoms with Gasteiger partial charge in [0.1, 0.15) is 18.1 Å².